The fourth-order valence-corrected chi connectivity index (χ4v) is 2.99. The van der Waals surface area contributed by atoms with Crippen molar-refractivity contribution in [1.29, 1.82) is 0 Å². The second-order valence-electron chi connectivity index (χ2n) is 6.94. The van der Waals surface area contributed by atoms with Gasteiger partial charge < -0.3 is 24.1 Å². The van der Waals surface area contributed by atoms with Gasteiger partial charge >= 0.3 is 5.97 Å². The summed E-state index contributed by atoms with van der Waals surface area (Å²) in [6, 6.07) is 3.07. The topological polar surface area (TPSA) is 99.9 Å². The van der Waals surface area contributed by atoms with Gasteiger partial charge in [-0.2, -0.15) is 0 Å². The zero-order valence-electron chi connectivity index (χ0n) is 16.6. The van der Waals surface area contributed by atoms with Crippen LogP contribution in [0.15, 0.2) is 16.7 Å². The maximum Gasteiger partial charge on any atom is 0.340 e. The van der Waals surface area contributed by atoms with E-state index in [9.17, 15) is 9.59 Å². The smallest absolute Gasteiger partial charge is 0.340 e. The number of nitrogens with zero attached hydrogens (tertiary/aromatic N) is 1. The van der Waals surface area contributed by atoms with Crippen LogP contribution in [0, 0.1) is 25.7 Å². The summed E-state index contributed by atoms with van der Waals surface area (Å²) >= 11 is 0. The van der Waals surface area contributed by atoms with Crippen molar-refractivity contribution in [3.63, 3.8) is 0 Å². The number of ether oxygens (including phenoxy) is 3. The Balaban J connectivity index is 1.86. The molecule has 2 atom stereocenters. The molecule has 2 aromatic rings. The zero-order valence-corrected chi connectivity index (χ0v) is 16.6. The van der Waals surface area contributed by atoms with E-state index in [4.69, 9.17) is 18.7 Å². The Hall–Kier alpha value is -3.03. The van der Waals surface area contributed by atoms with Gasteiger partial charge in [0.15, 0.2) is 11.5 Å². The van der Waals surface area contributed by atoms with Crippen LogP contribution >= 0.6 is 0 Å². The van der Waals surface area contributed by atoms with Gasteiger partial charge in [0.1, 0.15) is 12.4 Å². The first-order chi connectivity index (χ1) is 13.3. The van der Waals surface area contributed by atoms with Crippen molar-refractivity contribution in [1.82, 2.24) is 5.16 Å². The number of aryl methyl sites for hydroxylation is 2. The summed E-state index contributed by atoms with van der Waals surface area (Å²) in [6.07, 6.45) is 0.838. The lowest BCUT2D eigenvalue weighted by Crippen LogP contribution is -2.18. The van der Waals surface area contributed by atoms with E-state index >= 15 is 0 Å². The lowest BCUT2D eigenvalue weighted by molar-refractivity contribution is -0.117. The lowest BCUT2D eigenvalue weighted by Gasteiger charge is -2.15. The van der Waals surface area contributed by atoms with Crippen molar-refractivity contribution in [2.24, 2.45) is 11.8 Å². The molecule has 0 saturated heterocycles. The molecule has 1 heterocycles. The van der Waals surface area contributed by atoms with Crippen molar-refractivity contribution in [2.45, 2.75) is 33.8 Å². The van der Waals surface area contributed by atoms with Crippen molar-refractivity contribution in [2.75, 3.05) is 19.5 Å². The molecule has 1 aliphatic carbocycles. The summed E-state index contributed by atoms with van der Waals surface area (Å²) in [5.74, 6) is 0.941. The van der Waals surface area contributed by atoms with Gasteiger partial charge in [-0.25, -0.2) is 4.79 Å². The number of hydrogen-bond acceptors (Lipinski definition) is 7. The first-order valence-corrected chi connectivity index (χ1v) is 9.01. The number of methoxy groups -OCH3 is 2. The number of hydrogen-bond donors (Lipinski definition) is 1. The number of amides is 1. The molecule has 0 radical (unpaired) electrons. The summed E-state index contributed by atoms with van der Waals surface area (Å²) in [7, 11) is 2.96. The average Bonchev–Trinajstić information content (AvgIpc) is 3.33. The Morgan fingerprint density at radius 3 is 2.39 bits per heavy atom. The van der Waals surface area contributed by atoms with Crippen LogP contribution in [0.2, 0.25) is 0 Å². The zero-order chi connectivity index (χ0) is 20.4. The fourth-order valence-electron chi connectivity index (χ4n) is 2.99. The Morgan fingerprint density at radius 1 is 1.21 bits per heavy atom. The minimum absolute atomic E-state index is 0.0153. The maximum atomic E-state index is 12.8. The summed E-state index contributed by atoms with van der Waals surface area (Å²) in [5.41, 5.74) is 1.89. The van der Waals surface area contributed by atoms with Crippen molar-refractivity contribution < 1.29 is 28.3 Å². The van der Waals surface area contributed by atoms with E-state index < -0.39 is 5.97 Å². The first-order valence-electron chi connectivity index (χ1n) is 9.01. The second-order valence-corrected chi connectivity index (χ2v) is 6.94. The number of rotatable bonds is 7. The fraction of sp³-hybridized carbons (Fsp3) is 0.450. The molecule has 0 unspecified atom stereocenters. The third kappa shape index (κ3) is 3.95. The van der Waals surface area contributed by atoms with E-state index in [1.165, 1.54) is 20.3 Å². The minimum atomic E-state index is -0.597. The van der Waals surface area contributed by atoms with E-state index in [0.29, 0.717) is 40.1 Å². The standard InChI is InChI=1S/C20H24N2O6/c1-10-6-13(10)19(23)21-16-8-18(26-5)17(25-4)7-14(16)20(24)27-9-15-11(2)22-28-12(15)3/h7-8,10,13H,6,9H2,1-5H3,(H,21,23)/t10-,13+/m1/s1. The SMILES string of the molecule is COc1cc(NC(=O)[C@H]2C[C@H]2C)c(C(=O)OCc2c(C)noc2C)cc1OC. The molecule has 0 bridgehead atoms. The number of anilines is 1. The van der Waals surface area contributed by atoms with E-state index in [1.807, 2.05) is 6.92 Å². The molecule has 8 heteroatoms. The normalized spacial score (nSPS) is 17.8. The maximum absolute atomic E-state index is 12.8. The van der Waals surface area contributed by atoms with Crippen molar-refractivity contribution >= 4 is 17.6 Å². The molecule has 0 aliphatic heterocycles. The molecule has 1 aromatic carbocycles. The van der Waals surface area contributed by atoms with E-state index in [-0.39, 0.29) is 24.0 Å². The summed E-state index contributed by atoms with van der Waals surface area (Å²) in [5, 5.41) is 6.67. The number of aromatic nitrogens is 1. The highest BCUT2D eigenvalue weighted by molar-refractivity contribution is 6.03. The molecule has 28 heavy (non-hydrogen) atoms. The van der Waals surface area contributed by atoms with Gasteiger partial charge in [-0.05, 0) is 26.2 Å². The van der Waals surface area contributed by atoms with Gasteiger partial charge in [0.05, 0.1) is 36.7 Å². The molecule has 3 rings (SSSR count). The van der Waals surface area contributed by atoms with Gasteiger partial charge in [-0.1, -0.05) is 12.1 Å². The molecule has 0 spiro atoms. The second kappa shape index (κ2) is 7.92. The first kappa shape index (κ1) is 19.7. The third-order valence-electron chi connectivity index (χ3n) is 4.98. The van der Waals surface area contributed by atoms with Crippen LogP contribution in [0.1, 0.15) is 40.7 Å². The molecule has 1 aromatic heterocycles. The Morgan fingerprint density at radius 2 is 1.86 bits per heavy atom. The average molecular weight is 388 g/mol. The van der Waals surface area contributed by atoms with Crippen LogP contribution in [0.25, 0.3) is 0 Å². The van der Waals surface area contributed by atoms with Crippen LogP contribution < -0.4 is 14.8 Å². The number of nitrogens with one attached hydrogen (secondary N) is 1. The predicted molar refractivity (Wildman–Crippen MR) is 101 cm³/mol. The highest BCUT2D eigenvalue weighted by Gasteiger charge is 2.39. The summed E-state index contributed by atoms with van der Waals surface area (Å²) in [6.45, 7) is 5.56. The Labute approximate surface area is 163 Å². The van der Waals surface area contributed by atoms with Crippen LogP contribution in [0.4, 0.5) is 5.69 Å². The van der Waals surface area contributed by atoms with Gasteiger partial charge in [-0.15, -0.1) is 0 Å². The molecule has 1 N–H and O–H groups in total. The van der Waals surface area contributed by atoms with Gasteiger partial charge in [-0.3, -0.25) is 4.79 Å². The molecule has 1 aliphatic rings. The molecule has 1 amide bonds. The predicted octanol–water partition coefficient (Wildman–Crippen LogP) is 3.26. The van der Waals surface area contributed by atoms with Crippen molar-refractivity contribution in [3.05, 3.63) is 34.7 Å². The number of carbonyl (C=O) groups is 2. The lowest BCUT2D eigenvalue weighted by atomic mass is 10.1. The Bertz CT molecular complexity index is 885. The third-order valence-corrected chi connectivity index (χ3v) is 4.98. The number of esters is 1. The van der Waals surface area contributed by atoms with E-state index in [2.05, 4.69) is 10.5 Å². The number of benzene rings is 1. The van der Waals surface area contributed by atoms with Gasteiger partial charge in [0, 0.05) is 18.1 Å². The molecular weight excluding hydrogens is 364 g/mol. The van der Waals surface area contributed by atoms with Crippen LogP contribution in [-0.4, -0.2) is 31.3 Å². The largest absolute Gasteiger partial charge is 0.493 e. The molecule has 8 nitrogen and oxygen atoms in total. The van der Waals surface area contributed by atoms with Crippen molar-refractivity contribution in [3.8, 4) is 11.5 Å². The van der Waals surface area contributed by atoms with Crippen LogP contribution in [-0.2, 0) is 16.1 Å². The highest BCUT2D eigenvalue weighted by atomic mass is 16.5. The van der Waals surface area contributed by atoms with Crippen LogP contribution in [0.5, 0.6) is 11.5 Å². The molecular formula is C20H24N2O6. The summed E-state index contributed by atoms with van der Waals surface area (Å²) in [4.78, 5) is 25.2. The summed E-state index contributed by atoms with van der Waals surface area (Å²) < 4.78 is 21.1. The quantitative estimate of drug-likeness (QED) is 0.727. The molecule has 1 saturated carbocycles. The van der Waals surface area contributed by atoms with Crippen LogP contribution in [0.3, 0.4) is 0 Å². The number of carbonyl (C=O) groups excluding carboxylic acids is 2. The minimum Gasteiger partial charge on any atom is -0.493 e. The molecule has 1 fully saturated rings. The van der Waals surface area contributed by atoms with Gasteiger partial charge in [0.2, 0.25) is 5.91 Å². The Kier molecular flexibility index (Phi) is 5.58. The monoisotopic (exact) mass is 388 g/mol. The van der Waals surface area contributed by atoms with E-state index in [0.717, 1.165) is 6.42 Å². The van der Waals surface area contributed by atoms with Gasteiger partial charge in [0.25, 0.3) is 0 Å². The highest BCUT2D eigenvalue weighted by Crippen LogP contribution is 2.40. The van der Waals surface area contributed by atoms with E-state index in [1.54, 1.807) is 19.9 Å². The molecule has 150 valence electrons.